The van der Waals surface area contributed by atoms with Crippen LogP contribution in [0.2, 0.25) is 0 Å². The SMILES string of the molecule is COCCOc1cc(C(=O)N2C/C(=N\OC)C[C@H]2CO)ccc1-c1cccc(C#N)c1C. The summed E-state index contributed by atoms with van der Waals surface area (Å²) in [5, 5.41) is 23.1. The number of aliphatic hydroxyl groups is 1. The predicted molar refractivity (Wildman–Crippen MR) is 120 cm³/mol. The van der Waals surface area contributed by atoms with Crippen LogP contribution in [-0.4, -0.2) is 68.3 Å². The number of hydrogen-bond donors (Lipinski definition) is 1. The summed E-state index contributed by atoms with van der Waals surface area (Å²) >= 11 is 0. The standard InChI is InChI=1S/C24H27N3O5/c1-16-18(13-25)5-4-6-21(16)22-8-7-17(11-23(22)32-10-9-30-2)24(29)27-14-19(26-31-3)12-20(27)15-28/h4-8,11,20,28H,9-10,12,14-15H2,1-3H3/b26-19-/t20-/m0/s1. The summed E-state index contributed by atoms with van der Waals surface area (Å²) in [5.41, 5.74) is 4.21. The zero-order valence-electron chi connectivity index (χ0n) is 18.5. The van der Waals surface area contributed by atoms with Crippen LogP contribution in [0.1, 0.15) is 27.9 Å². The molecule has 0 aliphatic carbocycles. The van der Waals surface area contributed by atoms with Crippen LogP contribution in [0.15, 0.2) is 41.6 Å². The number of hydrogen-bond acceptors (Lipinski definition) is 7. The topological polar surface area (TPSA) is 104 Å². The van der Waals surface area contributed by atoms with E-state index >= 15 is 0 Å². The second-order valence-electron chi connectivity index (χ2n) is 7.46. The number of ether oxygens (including phenoxy) is 2. The first kappa shape index (κ1) is 23.3. The first-order valence-corrected chi connectivity index (χ1v) is 10.3. The molecule has 2 aromatic carbocycles. The van der Waals surface area contributed by atoms with Gasteiger partial charge in [-0.25, -0.2) is 0 Å². The molecule has 1 aliphatic rings. The van der Waals surface area contributed by atoms with E-state index in [1.807, 2.05) is 25.1 Å². The van der Waals surface area contributed by atoms with Crippen molar-refractivity contribution in [1.29, 1.82) is 5.26 Å². The third kappa shape index (κ3) is 4.90. The zero-order valence-corrected chi connectivity index (χ0v) is 18.5. The molecule has 0 aromatic heterocycles. The minimum absolute atomic E-state index is 0.163. The molecule has 0 saturated carbocycles. The number of nitrogens with zero attached hydrogens (tertiary/aromatic N) is 3. The van der Waals surface area contributed by atoms with Gasteiger partial charge in [0.1, 0.15) is 19.5 Å². The van der Waals surface area contributed by atoms with Crippen LogP contribution in [0, 0.1) is 18.3 Å². The number of nitriles is 1. The number of aliphatic hydroxyl groups excluding tert-OH is 1. The quantitative estimate of drug-likeness (QED) is 0.503. The molecule has 0 spiro atoms. The van der Waals surface area contributed by atoms with Crippen molar-refractivity contribution in [2.24, 2.45) is 5.16 Å². The highest BCUT2D eigenvalue weighted by atomic mass is 16.6. The van der Waals surface area contributed by atoms with Gasteiger partial charge < -0.3 is 24.3 Å². The van der Waals surface area contributed by atoms with Crippen LogP contribution < -0.4 is 4.74 Å². The highest BCUT2D eigenvalue weighted by Gasteiger charge is 2.33. The Kier molecular flexibility index (Phi) is 7.82. The summed E-state index contributed by atoms with van der Waals surface area (Å²) in [6.07, 6.45) is 0.464. The zero-order chi connectivity index (χ0) is 23.1. The number of methoxy groups -OCH3 is 1. The fourth-order valence-corrected chi connectivity index (χ4v) is 3.82. The molecule has 1 amide bonds. The van der Waals surface area contributed by atoms with E-state index in [1.54, 1.807) is 30.2 Å². The van der Waals surface area contributed by atoms with Gasteiger partial charge in [0.15, 0.2) is 0 Å². The maximum Gasteiger partial charge on any atom is 0.254 e. The van der Waals surface area contributed by atoms with E-state index in [9.17, 15) is 15.2 Å². The number of carbonyl (C=O) groups excluding carboxylic acids is 1. The van der Waals surface area contributed by atoms with Crippen LogP contribution in [-0.2, 0) is 9.57 Å². The number of likely N-dealkylation sites (tertiary alicyclic amines) is 1. The van der Waals surface area contributed by atoms with Crippen molar-refractivity contribution in [1.82, 2.24) is 4.90 Å². The Labute approximate surface area is 187 Å². The number of amides is 1. The second kappa shape index (κ2) is 10.8. The first-order chi connectivity index (χ1) is 15.5. The van der Waals surface area contributed by atoms with Crippen molar-refractivity contribution in [2.75, 3.05) is 40.6 Å². The summed E-state index contributed by atoms with van der Waals surface area (Å²) in [7, 11) is 3.05. The molecule has 168 valence electrons. The molecule has 2 aromatic rings. The van der Waals surface area contributed by atoms with E-state index < -0.39 is 0 Å². The van der Waals surface area contributed by atoms with E-state index in [0.717, 1.165) is 16.7 Å². The normalized spacial score (nSPS) is 16.8. The van der Waals surface area contributed by atoms with E-state index in [0.29, 0.717) is 48.8 Å². The van der Waals surface area contributed by atoms with Crippen LogP contribution >= 0.6 is 0 Å². The summed E-state index contributed by atoms with van der Waals surface area (Å²) in [6.45, 7) is 2.72. The lowest BCUT2D eigenvalue weighted by molar-refractivity contribution is 0.0679. The molecule has 0 unspecified atom stereocenters. The third-order valence-electron chi connectivity index (χ3n) is 5.47. The predicted octanol–water partition coefficient (Wildman–Crippen LogP) is 2.77. The molecule has 1 atom stereocenters. The van der Waals surface area contributed by atoms with Gasteiger partial charge in [-0.2, -0.15) is 5.26 Å². The lowest BCUT2D eigenvalue weighted by Crippen LogP contribution is -2.37. The lowest BCUT2D eigenvalue weighted by atomic mass is 9.95. The van der Waals surface area contributed by atoms with Crippen molar-refractivity contribution in [2.45, 2.75) is 19.4 Å². The molecule has 1 heterocycles. The van der Waals surface area contributed by atoms with Gasteiger partial charge in [-0.05, 0) is 42.3 Å². The van der Waals surface area contributed by atoms with Crippen molar-refractivity contribution in [3.05, 3.63) is 53.1 Å². The monoisotopic (exact) mass is 437 g/mol. The summed E-state index contributed by atoms with van der Waals surface area (Å²) < 4.78 is 11.1. The highest BCUT2D eigenvalue weighted by Crippen LogP contribution is 2.35. The molecular formula is C24H27N3O5. The lowest BCUT2D eigenvalue weighted by Gasteiger charge is -2.23. The molecule has 1 saturated heterocycles. The van der Waals surface area contributed by atoms with Gasteiger partial charge in [0.05, 0.1) is 43.1 Å². The van der Waals surface area contributed by atoms with Gasteiger partial charge in [0, 0.05) is 24.7 Å². The maximum absolute atomic E-state index is 13.3. The van der Waals surface area contributed by atoms with Gasteiger partial charge >= 0.3 is 0 Å². The van der Waals surface area contributed by atoms with Gasteiger partial charge in [0.2, 0.25) is 0 Å². The van der Waals surface area contributed by atoms with Crippen LogP contribution in [0.5, 0.6) is 5.75 Å². The summed E-state index contributed by atoms with van der Waals surface area (Å²) in [5.74, 6) is 0.299. The molecule has 8 heteroatoms. The molecular weight excluding hydrogens is 410 g/mol. The van der Waals surface area contributed by atoms with Crippen LogP contribution in [0.25, 0.3) is 11.1 Å². The average Bonchev–Trinajstić information content (AvgIpc) is 3.22. The Morgan fingerprint density at radius 1 is 1.25 bits per heavy atom. The number of benzene rings is 2. The van der Waals surface area contributed by atoms with E-state index in [-0.39, 0.29) is 18.6 Å². The second-order valence-corrected chi connectivity index (χ2v) is 7.46. The van der Waals surface area contributed by atoms with Crippen molar-refractivity contribution in [3.8, 4) is 22.9 Å². The van der Waals surface area contributed by atoms with Crippen LogP contribution in [0.4, 0.5) is 0 Å². The van der Waals surface area contributed by atoms with Crippen molar-refractivity contribution in [3.63, 3.8) is 0 Å². The molecule has 1 N–H and O–H groups in total. The van der Waals surface area contributed by atoms with E-state index in [1.165, 1.54) is 7.11 Å². The maximum atomic E-state index is 13.3. The Morgan fingerprint density at radius 3 is 2.75 bits per heavy atom. The highest BCUT2D eigenvalue weighted by molar-refractivity contribution is 6.01. The summed E-state index contributed by atoms with van der Waals surface area (Å²) in [6, 6.07) is 12.6. The molecule has 3 rings (SSSR count). The molecule has 32 heavy (non-hydrogen) atoms. The minimum Gasteiger partial charge on any atom is -0.491 e. The molecule has 8 nitrogen and oxygen atoms in total. The summed E-state index contributed by atoms with van der Waals surface area (Å²) in [4.78, 5) is 19.7. The first-order valence-electron chi connectivity index (χ1n) is 10.3. The Hall–Kier alpha value is -3.41. The fraction of sp³-hybridized carbons (Fsp3) is 0.375. The minimum atomic E-state index is -0.358. The number of carbonyl (C=O) groups is 1. The van der Waals surface area contributed by atoms with E-state index in [4.69, 9.17) is 14.3 Å². The number of oxime groups is 1. The fourth-order valence-electron chi connectivity index (χ4n) is 3.82. The smallest absolute Gasteiger partial charge is 0.254 e. The van der Waals surface area contributed by atoms with Gasteiger partial charge in [-0.1, -0.05) is 17.3 Å². The van der Waals surface area contributed by atoms with Gasteiger partial charge in [-0.15, -0.1) is 0 Å². The van der Waals surface area contributed by atoms with Crippen LogP contribution in [0.3, 0.4) is 0 Å². The van der Waals surface area contributed by atoms with Crippen molar-refractivity contribution >= 4 is 11.6 Å². The third-order valence-corrected chi connectivity index (χ3v) is 5.47. The van der Waals surface area contributed by atoms with Crippen molar-refractivity contribution < 1.29 is 24.2 Å². The Morgan fingerprint density at radius 2 is 2.06 bits per heavy atom. The van der Waals surface area contributed by atoms with Gasteiger partial charge in [0.25, 0.3) is 5.91 Å². The Balaban J connectivity index is 1.99. The Bertz CT molecular complexity index is 1040. The molecule has 1 aliphatic heterocycles. The molecule has 0 radical (unpaired) electrons. The molecule has 1 fully saturated rings. The largest absolute Gasteiger partial charge is 0.491 e. The average molecular weight is 437 g/mol. The van der Waals surface area contributed by atoms with Gasteiger partial charge in [-0.3, -0.25) is 4.79 Å². The molecule has 0 bridgehead atoms. The number of rotatable bonds is 8. The van der Waals surface area contributed by atoms with E-state index in [2.05, 4.69) is 11.2 Å².